The molecule has 0 aromatic carbocycles. The van der Waals surface area contributed by atoms with Crippen molar-refractivity contribution in [2.45, 2.75) is 78.2 Å². The maximum atomic E-state index is 6.22. The molecule has 5 rings (SSSR count). The molecule has 0 saturated heterocycles. The third-order valence-electron chi connectivity index (χ3n) is 10.9. The maximum absolute atomic E-state index is 6.22. The summed E-state index contributed by atoms with van der Waals surface area (Å²) in [6.07, 6.45) is 14.4. The van der Waals surface area contributed by atoms with Crippen molar-refractivity contribution in [3.63, 3.8) is 0 Å². The number of rotatable bonds is 3. The lowest BCUT2D eigenvalue weighted by molar-refractivity contribution is -0.160. The molecule has 0 N–H and O–H groups in total. The number of ether oxygens (including phenoxy) is 1. The second-order valence-corrected chi connectivity index (χ2v) is 11.1. The smallest absolute Gasteiger partial charge is 0.0638 e. The Morgan fingerprint density at radius 3 is 2.56 bits per heavy atom. The van der Waals surface area contributed by atoms with Gasteiger partial charge in [-0.15, -0.1) is 6.58 Å². The fraction of sp³-hybridized carbons (Fsp3) is 0.917. The van der Waals surface area contributed by atoms with Crippen LogP contribution in [0.3, 0.4) is 0 Å². The Kier molecular flexibility index (Phi) is 3.47. The molecule has 0 aliphatic heterocycles. The molecular weight excluding hydrogens is 304 g/mol. The van der Waals surface area contributed by atoms with Crippen LogP contribution in [-0.2, 0) is 4.74 Å². The van der Waals surface area contributed by atoms with Crippen molar-refractivity contribution in [2.75, 3.05) is 7.11 Å². The minimum atomic E-state index is 0.546. The van der Waals surface area contributed by atoms with Gasteiger partial charge in [-0.2, -0.15) is 0 Å². The molecule has 5 fully saturated rings. The molecule has 0 aromatic rings. The molecule has 0 amide bonds. The van der Waals surface area contributed by atoms with Crippen molar-refractivity contribution in [1.29, 1.82) is 0 Å². The van der Waals surface area contributed by atoms with Crippen LogP contribution in [0.5, 0.6) is 0 Å². The lowest BCUT2D eigenvalue weighted by Crippen LogP contribution is -2.57. The summed E-state index contributed by atoms with van der Waals surface area (Å²) >= 11 is 0. The van der Waals surface area contributed by atoms with Gasteiger partial charge in [0.2, 0.25) is 0 Å². The van der Waals surface area contributed by atoms with E-state index >= 15 is 0 Å². The maximum Gasteiger partial charge on any atom is 0.0638 e. The van der Waals surface area contributed by atoms with Gasteiger partial charge < -0.3 is 4.74 Å². The first-order chi connectivity index (χ1) is 11.9. The topological polar surface area (TPSA) is 9.23 Å². The summed E-state index contributed by atoms with van der Waals surface area (Å²) in [5, 5.41) is 0. The average molecular weight is 343 g/mol. The van der Waals surface area contributed by atoms with Crippen molar-refractivity contribution in [2.24, 2.45) is 51.8 Å². The summed E-state index contributed by atoms with van der Waals surface area (Å²) in [5.41, 5.74) is 1.70. The molecule has 25 heavy (non-hydrogen) atoms. The summed E-state index contributed by atoms with van der Waals surface area (Å²) in [5.74, 6) is 5.35. The third kappa shape index (κ3) is 1.80. The van der Waals surface area contributed by atoms with Gasteiger partial charge in [-0.3, -0.25) is 0 Å². The lowest BCUT2D eigenvalue weighted by Gasteiger charge is -2.61. The lowest BCUT2D eigenvalue weighted by atomic mass is 9.45. The van der Waals surface area contributed by atoms with Crippen LogP contribution < -0.4 is 0 Å². The van der Waals surface area contributed by atoms with E-state index < -0.39 is 0 Å². The molecule has 5 aliphatic carbocycles. The van der Waals surface area contributed by atoms with Gasteiger partial charge in [-0.05, 0) is 97.7 Å². The molecule has 1 heteroatoms. The predicted molar refractivity (Wildman–Crippen MR) is 103 cm³/mol. The Balaban J connectivity index is 1.50. The van der Waals surface area contributed by atoms with E-state index in [4.69, 9.17) is 4.74 Å². The molecule has 5 aliphatic rings. The number of methoxy groups -OCH3 is 1. The van der Waals surface area contributed by atoms with E-state index in [1.807, 2.05) is 7.11 Å². The first kappa shape index (κ1) is 16.8. The van der Waals surface area contributed by atoms with Gasteiger partial charge >= 0.3 is 0 Å². The van der Waals surface area contributed by atoms with Gasteiger partial charge in [0.05, 0.1) is 6.10 Å². The minimum Gasteiger partial charge on any atom is -0.381 e. The molecule has 1 spiro atoms. The van der Waals surface area contributed by atoms with Crippen molar-refractivity contribution in [3.8, 4) is 0 Å². The first-order valence-electron chi connectivity index (χ1n) is 11.1. The summed E-state index contributed by atoms with van der Waals surface area (Å²) < 4.78 is 6.22. The predicted octanol–water partition coefficient (Wildman–Crippen LogP) is 6.09. The van der Waals surface area contributed by atoms with E-state index in [9.17, 15) is 0 Å². The second-order valence-electron chi connectivity index (χ2n) is 11.1. The molecule has 0 radical (unpaired) electrons. The Morgan fingerprint density at radius 2 is 1.88 bits per heavy atom. The molecule has 1 nitrogen and oxygen atoms in total. The van der Waals surface area contributed by atoms with Crippen LogP contribution in [0.25, 0.3) is 0 Å². The first-order valence-corrected chi connectivity index (χ1v) is 11.1. The summed E-state index contributed by atoms with van der Waals surface area (Å²) in [4.78, 5) is 0. The van der Waals surface area contributed by atoms with E-state index in [0.29, 0.717) is 28.3 Å². The van der Waals surface area contributed by atoms with E-state index in [1.165, 1.54) is 51.4 Å². The van der Waals surface area contributed by atoms with Crippen molar-refractivity contribution >= 4 is 0 Å². The highest BCUT2D eigenvalue weighted by Crippen LogP contribution is 2.82. The second kappa shape index (κ2) is 5.15. The highest BCUT2D eigenvalue weighted by atomic mass is 16.5. The Bertz CT molecular complexity index is 583. The van der Waals surface area contributed by atoms with E-state index in [-0.39, 0.29) is 0 Å². The Morgan fingerprint density at radius 1 is 1.08 bits per heavy atom. The SMILES string of the molecule is C=C[C@@H](C)[C@H]1CC[C@H]2[C@@H]3CC(OC)C45C[C@H]4CC[C@]5(C)[C@H]3CC[C@]12C. The Hall–Kier alpha value is -0.300. The molecule has 0 bridgehead atoms. The summed E-state index contributed by atoms with van der Waals surface area (Å²) in [7, 11) is 2.01. The average Bonchev–Trinajstić information content (AvgIpc) is 3.12. The van der Waals surface area contributed by atoms with Gasteiger partial charge in [-0.25, -0.2) is 0 Å². The monoisotopic (exact) mass is 342 g/mol. The zero-order valence-corrected chi connectivity index (χ0v) is 16.9. The van der Waals surface area contributed by atoms with Gasteiger partial charge in [0, 0.05) is 12.5 Å². The van der Waals surface area contributed by atoms with E-state index in [1.54, 1.807) is 0 Å². The van der Waals surface area contributed by atoms with Crippen LogP contribution >= 0.6 is 0 Å². The normalized spacial score (nSPS) is 60.2. The van der Waals surface area contributed by atoms with E-state index in [2.05, 4.69) is 33.4 Å². The number of fused-ring (bicyclic) bond motifs is 4. The van der Waals surface area contributed by atoms with Gasteiger partial charge in [0.1, 0.15) is 0 Å². The fourth-order valence-electron chi connectivity index (χ4n) is 9.65. The minimum absolute atomic E-state index is 0.546. The van der Waals surface area contributed by atoms with Gasteiger partial charge in [-0.1, -0.05) is 26.8 Å². The van der Waals surface area contributed by atoms with Crippen LogP contribution in [0.4, 0.5) is 0 Å². The molecule has 10 atom stereocenters. The summed E-state index contributed by atoms with van der Waals surface area (Å²) in [6, 6.07) is 0. The number of hydrogen-bond donors (Lipinski definition) is 0. The zero-order chi connectivity index (χ0) is 17.6. The molecule has 2 unspecified atom stereocenters. The van der Waals surface area contributed by atoms with Gasteiger partial charge in [0.25, 0.3) is 0 Å². The van der Waals surface area contributed by atoms with Crippen LogP contribution in [-0.4, -0.2) is 13.2 Å². The molecular formula is C24H38O. The van der Waals surface area contributed by atoms with Crippen molar-refractivity contribution < 1.29 is 4.74 Å². The van der Waals surface area contributed by atoms with Crippen molar-refractivity contribution in [3.05, 3.63) is 12.7 Å². The fourth-order valence-corrected chi connectivity index (χ4v) is 9.65. The standard InChI is InChI=1S/C24H38O/c1-6-15(2)18-7-8-19-17-13-21(25-5)24-14-16(24)9-12-23(24,4)20(17)10-11-22(18,19)3/h6,15-21H,1,7-14H2,2-5H3/t15-,16-,17+,18-,19+,20+,21?,22-,23-,24?/m1/s1. The van der Waals surface area contributed by atoms with Crippen LogP contribution in [0, 0.1) is 51.8 Å². The number of allylic oxidation sites excluding steroid dienone is 1. The van der Waals surface area contributed by atoms with Gasteiger partial charge in [0.15, 0.2) is 0 Å². The highest BCUT2D eigenvalue weighted by Gasteiger charge is 2.77. The molecule has 5 saturated carbocycles. The quantitative estimate of drug-likeness (QED) is 0.564. The number of hydrogen-bond acceptors (Lipinski definition) is 1. The largest absolute Gasteiger partial charge is 0.381 e. The summed E-state index contributed by atoms with van der Waals surface area (Å²) in [6.45, 7) is 11.9. The third-order valence-corrected chi connectivity index (χ3v) is 10.9. The Labute approximate surface area is 155 Å². The zero-order valence-electron chi connectivity index (χ0n) is 16.9. The van der Waals surface area contributed by atoms with E-state index in [0.717, 1.165) is 29.6 Å². The van der Waals surface area contributed by atoms with Crippen molar-refractivity contribution in [1.82, 2.24) is 0 Å². The van der Waals surface area contributed by atoms with Crippen LogP contribution in [0.15, 0.2) is 12.7 Å². The molecule has 0 aromatic heterocycles. The highest BCUT2D eigenvalue weighted by molar-refractivity contribution is 5.26. The van der Waals surface area contributed by atoms with Crippen LogP contribution in [0.1, 0.15) is 72.1 Å². The van der Waals surface area contributed by atoms with Crippen LogP contribution in [0.2, 0.25) is 0 Å². The molecule has 140 valence electrons. The molecule has 0 heterocycles.